The molecule has 1 aliphatic heterocycles. The van der Waals surface area contributed by atoms with Gasteiger partial charge < -0.3 is 14.8 Å². The molecule has 0 aliphatic carbocycles. The molecule has 1 saturated heterocycles. The normalized spacial score (nSPS) is 17.2. The number of allylic oxidation sites excluding steroid dienone is 1. The molecular formula is C19H29N3O3S. The third kappa shape index (κ3) is 6.46. The van der Waals surface area contributed by atoms with Crippen molar-refractivity contribution in [2.75, 3.05) is 19.8 Å². The number of thiazole rings is 1. The predicted octanol–water partition coefficient (Wildman–Crippen LogP) is 3.78. The molecule has 1 N–H and O–H groups in total. The number of hydrogen-bond acceptors (Lipinski definition) is 6. The number of ether oxygens (including phenoxy) is 2. The molecule has 2 heterocycles. The third-order valence-electron chi connectivity index (χ3n) is 3.82. The van der Waals surface area contributed by atoms with Crippen molar-refractivity contribution in [2.24, 2.45) is 5.92 Å². The zero-order valence-corrected chi connectivity index (χ0v) is 17.1. The molecule has 2 rings (SSSR count). The molecular weight excluding hydrogens is 350 g/mol. The number of nitrogens with one attached hydrogen (secondary N) is 1. The summed E-state index contributed by atoms with van der Waals surface area (Å²) in [5.74, 6) is 1.16. The lowest BCUT2D eigenvalue weighted by atomic mass is 10.1. The molecule has 1 fully saturated rings. The quantitative estimate of drug-likeness (QED) is 0.444. The Bertz CT molecular complexity index is 659. The Morgan fingerprint density at radius 1 is 1.50 bits per heavy atom. The van der Waals surface area contributed by atoms with E-state index in [2.05, 4.69) is 62.0 Å². The molecule has 1 aromatic heterocycles. The first-order valence-electron chi connectivity index (χ1n) is 8.90. The topological polar surface area (TPSA) is 63.7 Å². The maximum atomic E-state index is 12.1. The van der Waals surface area contributed by atoms with Crippen LogP contribution in [-0.2, 0) is 4.74 Å². The Labute approximate surface area is 159 Å². The summed E-state index contributed by atoms with van der Waals surface area (Å²) in [4.78, 5) is 19.0. The average Bonchev–Trinajstić information content (AvgIpc) is 3.21. The third-order valence-corrected chi connectivity index (χ3v) is 4.71. The van der Waals surface area contributed by atoms with E-state index in [4.69, 9.17) is 9.47 Å². The van der Waals surface area contributed by atoms with Crippen molar-refractivity contribution in [2.45, 2.75) is 46.6 Å². The van der Waals surface area contributed by atoms with Gasteiger partial charge in [-0.15, -0.1) is 0 Å². The van der Waals surface area contributed by atoms with Gasteiger partial charge >= 0.3 is 0 Å². The Kier molecular flexibility index (Phi) is 7.23. The minimum Gasteiger partial charge on any atom is -0.478 e. The van der Waals surface area contributed by atoms with Crippen LogP contribution in [0.15, 0.2) is 30.4 Å². The van der Waals surface area contributed by atoms with Gasteiger partial charge in [0.2, 0.25) is 0 Å². The molecule has 7 heteroatoms. The number of rotatable bonds is 7. The smallest absolute Gasteiger partial charge is 0.278 e. The molecule has 0 bridgehead atoms. The van der Waals surface area contributed by atoms with Gasteiger partial charge in [0.05, 0.1) is 12.7 Å². The van der Waals surface area contributed by atoms with Crippen molar-refractivity contribution in [3.8, 4) is 5.19 Å². The van der Waals surface area contributed by atoms with Crippen molar-refractivity contribution >= 4 is 17.2 Å². The maximum absolute atomic E-state index is 12.1. The fraction of sp³-hybridized carbons (Fsp3) is 0.579. The van der Waals surface area contributed by atoms with Gasteiger partial charge in [-0.1, -0.05) is 37.3 Å². The first kappa shape index (κ1) is 20.5. The van der Waals surface area contributed by atoms with Crippen molar-refractivity contribution in [3.05, 3.63) is 35.2 Å². The summed E-state index contributed by atoms with van der Waals surface area (Å²) in [7, 11) is 0. The second-order valence-electron chi connectivity index (χ2n) is 7.55. The number of nitrogens with zero attached hydrogens (tertiary/aromatic N) is 2. The minimum atomic E-state index is -0.126. The van der Waals surface area contributed by atoms with Gasteiger partial charge in [0.25, 0.3) is 11.1 Å². The minimum absolute atomic E-state index is 0.0480. The van der Waals surface area contributed by atoms with E-state index < -0.39 is 0 Å². The molecule has 26 heavy (non-hydrogen) atoms. The highest BCUT2D eigenvalue weighted by Crippen LogP contribution is 2.24. The molecule has 0 saturated carbocycles. The summed E-state index contributed by atoms with van der Waals surface area (Å²) in [6, 6.07) is 0. The van der Waals surface area contributed by atoms with Crippen LogP contribution in [0.3, 0.4) is 0 Å². The van der Waals surface area contributed by atoms with Crippen LogP contribution >= 0.6 is 11.3 Å². The zero-order chi connectivity index (χ0) is 19.2. The highest BCUT2D eigenvalue weighted by Gasteiger charge is 2.28. The maximum Gasteiger partial charge on any atom is 0.278 e. The molecule has 0 spiro atoms. The van der Waals surface area contributed by atoms with Crippen LogP contribution in [0.2, 0.25) is 0 Å². The fourth-order valence-corrected chi connectivity index (χ4v) is 2.86. The average molecular weight is 380 g/mol. The summed E-state index contributed by atoms with van der Waals surface area (Å²) in [6.45, 7) is 12.5. The summed E-state index contributed by atoms with van der Waals surface area (Å²) in [6.07, 6.45) is 8.14. The number of amides is 1. The molecule has 144 valence electrons. The van der Waals surface area contributed by atoms with Crippen molar-refractivity contribution < 1.29 is 14.3 Å². The van der Waals surface area contributed by atoms with Gasteiger partial charge in [-0.2, -0.15) is 0 Å². The highest BCUT2D eigenvalue weighted by atomic mass is 32.1. The lowest BCUT2D eigenvalue weighted by Crippen LogP contribution is -2.39. The molecule has 1 aromatic rings. The lowest BCUT2D eigenvalue weighted by molar-refractivity contribution is 0.0943. The zero-order valence-electron chi connectivity index (χ0n) is 16.2. The van der Waals surface area contributed by atoms with E-state index in [9.17, 15) is 4.79 Å². The van der Waals surface area contributed by atoms with Gasteiger partial charge in [-0.3, -0.25) is 9.69 Å². The summed E-state index contributed by atoms with van der Waals surface area (Å²) in [5.41, 5.74) is 0.0480. The van der Waals surface area contributed by atoms with Gasteiger partial charge in [-0.05, 0) is 33.1 Å². The van der Waals surface area contributed by atoms with Crippen molar-refractivity contribution in [1.29, 1.82) is 0 Å². The van der Waals surface area contributed by atoms with E-state index in [1.54, 1.807) is 6.26 Å². The van der Waals surface area contributed by atoms with Crippen LogP contribution in [0.5, 0.6) is 5.19 Å². The Morgan fingerprint density at radius 3 is 2.92 bits per heavy atom. The van der Waals surface area contributed by atoms with E-state index in [1.807, 2.05) is 0 Å². The lowest BCUT2D eigenvalue weighted by Gasteiger charge is -2.28. The van der Waals surface area contributed by atoms with Crippen LogP contribution < -0.4 is 10.1 Å². The Morgan fingerprint density at radius 2 is 2.27 bits per heavy atom. The van der Waals surface area contributed by atoms with Crippen LogP contribution in [0, 0.1) is 5.92 Å². The monoisotopic (exact) mass is 379 g/mol. The van der Waals surface area contributed by atoms with Crippen LogP contribution in [-0.4, -0.2) is 41.2 Å². The van der Waals surface area contributed by atoms with E-state index in [-0.39, 0.29) is 11.4 Å². The van der Waals surface area contributed by atoms with Gasteiger partial charge in [-0.25, -0.2) is 4.98 Å². The summed E-state index contributed by atoms with van der Waals surface area (Å²) >= 11 is 1.22. The predicted molar refractivity (Wildman–Crippen MR) is 104 cm³/mol. The second-order valence-corrected chi connectivity index (χ2v) is 8.54. The molecule has 0 atom stereocenters. The highest BCUT2D eigenvalue weighted by molar-refractivity contribution is 7.15. The first-order valence-corrected chi connectivity index (χ1v) is 9.71. The Balaban J connectivity index is 1.79. The van der Waals surface area contributed by atoms with E-state index in [0.29, 0.717) is 35.8 Å². The molecule has 1 amide bonds. The summed E-state index contributed by atoms with van der Waals surface area (Å²) in [5, 5.41) is 3.31. The molecule has 0 unspecified atom stereocenters. The number of hydrogen-bond donors (Lipinski definition) is 1. The van der Waals surface area contributed by atoms with Crippen LogP contribution in [0.25, 0.3) is 0 Å². The van der Waals surface area contributed by atoms with Gasteiger partial charge in [0, 0.05) is 12.1 Å². The van der Waals surface area contributed by atoms with Crippen LogP contribution in [0.1, 0.15) is 50.7 Å². The second kappa shape index (κ2) is 9.19. The standard InChI is InChI=1S/C19H29N3O3S/c1-14(2)8-6-7-9-20-17(23)16-10-21-18(26-16)24-12-15-11-22(13-25-15)19(3,4)5/h6,8,10,12,14H,7,9,11,13H2,1-5H3,(H,20,23)/b8-6+,15-12?. The summed E-state index contributed by atoms with van der Waals surface area (Å²) < 4.78 is 11.2. The number of aromatic nitrogens is 1. The molecule has 1 aliphatic rings. The number of carbonyl (C=O) groups excluding carboxylic acids is 1. The fourth-order valence-electron chi connectivity index (χ4n) is 2.20. The van der Waals surface area contributed by atoms with E-state index >= 15 is 0 Å². The Hall–Kier alpha value is -1.86. The van der Waals surface area contributed by atoms with Crippen molar-refractivity contribution in [1.82, 2.24) is 15.2 Å². The largest absolute Gasteiger partial charge is 0.478 e. The SMILES string of the molecule is CC(C)/C=C/CCNC(=O)c1cnc(OC=C2CN(C(C)(C)C)CO2)s1. The number of carbonyl (C=O) groups is 1. The van der Waals surface area contributed by atoms with E-state index in [1.165, 1.54) is 17.5 Å². The van der Waals surface area contributed by atoms with Gasteiger partial charge in [0.1, 0.15) is 23.6 Å². The van der Waals surface area contributed by atoms with Crippen molar-refractivity contribution in [3.63, 3.8) is 0 Å². The van der Waals surface area contributed by atoms with E-state index in [0.717, 1.165) is 12.2 Å². The molecule has 0 aromatic carbocycles. The molecule has 0 radical (unpaired) electrons. The van der Waals surface area contributed by atoms with Crippen LogP contribution in [0.4, 0.5) is 0 Å². The van der Waals surface area contributed by atoms with Gasteiger partial charge in [0.15, 0.2) is 0 Å². The molecule has 6 nitrogen and oxygen atoms in total. The first-order chi connectivity index (χ1) is 12.3.